The Morgan fingerprint density at radius 2 is 1.80 bits per heavy atom. The van der Waals surface area contributed by atoms with Crippen molar-refractivity contribution in [3.63, 3.8) is 0 Å². The minimum Gasteiger partial charge on any atom is -0.345 e. The Labute approximate surface area is 178 Å². The molecule has 1 aliphatic heterocycles. The molecule has 0 spiro atoms. The standard InChI is InChI=1S/C21H14BrF3N2O3/c22-15-6-7-16-17(12-15)20(30)27(19(16)29)10-8-18(28)26-9-2-4-13-3-1-5-14(11-13)21(23,24)25/h1,3,5-7,11-12H,8-10H2,(H,26,28). The minimum atomic E-state index is -4.45. The number of carbonyl (C=O) groups excluding carboxylic acids is 3. The third kappa shape index (κ3) is 4.89. The summed E-state index contributed by atoms with van der Waals surface area (Å²) < 4.78 is 38.7. The summed E-state index contributed by atoms with van der Waals surface area (Å²) in [4.78, 5) is 37.6. The Hall–Kier alpha value is -3.12. The predicted octanol–water partition coefficient (Wildman–Crippen LogP) is 3.62. The minimum absolute atomic E-state index is 0.0792. The number of hydrogen-bond acceptors (Lipinski definition) is 3. The molecule has 0 bridgehead atoms. The molecule has 9 heteroatoms. The second-order valence-electron chi connectivity index (χ2n) is 6.36. The lowest BCUT2D eigenvalue weighted by Crippen LogP contribution is -2.34. The van der Waals surface area contributed by atoms with E-state index in [2.05, 4.69) is 33.1 Å². The van der Waals surface area contributed by atoms with Crippen LogP contribution in [0.5, 0.6) is 0 Å². The van der Waals surface area contributed by atoms with Gasteiger partial charge in [0.25, 0.3) is 11.8 Å². The molecule has 2 aromatic rings. The number of fused-ring (bicyclic) bond motifs is 1. The van der Waals surface area contributed by atoms with Crippen LogP contribution in [0.25, 0.3) is 0 Å². The number of nitrogens with one attached hydrogen (secondary N) is 1. The number of hydrogen-bond donors (Lipinski definition) is 1. The van der Waals surface area contributed by atoms with E-state index in [1.165, 1.54) is 12.1 Å². The summed E-state index contributed by atoms with van der Waals surface area (Å²) in [5.41, 5.74) is -0.0557. The van der Waals surface area contributed by atoms with E-state index in [1.807, 2.05) is 0 Å². The molecule has 154 valence electrons. The van der Waals surface area contributed by atoms with Gasteiger partial charge >= 0.3 is 6.18 Å². The van der Waals surface area contributed by atoms with Crippen LogP contribution in [-0.4, -0.2) is 35.7 Å². The topological polar surface area (TPSA) is 66.5 Å². The van der Waals surface area contributed by atoms with E-state index in [-0.39, 0.29) is 36.2 Å². The maximum absolute atomic E-state index is 12.7. The van der Waals surface area contributed by atoms with Gasteiger partial charge in [0, 0.05) is 23.0 Å². The summed E-state index contributed by atoms with van der Waals surface area (Å²) in [5, 5.41) is 2.49. The monoisotopic (exact) mass is 478 g/mol. The normalized spacial score (nSPS) is 13.0. The third-order valence-electron chi connectivity index (χ3n) is 4.29. The van der Waals surface area contributed by atoms with Crippen LogP contribution in [0.1, 0.15) is 38.3 Å². The first-order valence-corrected chi connectivity index (χ1v) is 9.54. The zero-order valence-electron chi connectivity index (χ0n) is 15.3. The van der Waals surface area contributed by atoms with E-state index < -0.39 is 29.5 Å². The summed E-state index contributed by atoms with van der Waals surface area (Å²) in [7, 11) is 0. The molecule has 3 rings (SSSR count). The Morgan fingerprint density at radius 1 is 1.07 bits per heavy atom. The van der Waals surface area contributed by atoms with Crippen molar-refractivity contribution in [1.29, 1.82) is 0 Å². The number of imide groups is 1. The highest BCUT2D eigenvalue weighted by Gasteiger charge is 2.35. The van der Waals surface area contributed by atoms with E-state index in [0.717, 1.165) is 17.0 Å². The molecule has 0 saturated heterocycles. The van der Waals surface area contributed by atoms with E-state index in [1.54, 1.807) is 18.2 Å². The number of rotatable bonds is 4. The summed E-state index contributed by atoms with van der Waals surface area (Å²) in [5.74, 6) is 3.77. The van der Waals surface area contributed by atoms with Gasteiger partial charge in [0.1, 0.15) is 0 Å². The zero-order chi connectivity index (χ0) is 21.9. The maximum atomic E-state index is 12.7. The van der Waals surface area contributed by atoms with Crippen LogP contribution in [0.3, 0.4) is 0 Å². The van der Waals surface area contributed by atoms with Gasteiger partial charge in [0.2, 0.25) is 5.91 Å². The quantitative estimate of drug-likeness (QED) is 0.539. The molecule has 3 amide bonds. The van der Waals surface area contributed by atoms with Crippen LogP contribution in [0.2, 0.25) is 0 Å². The Balaban J connectivity index is 1.51. The number of alkyl halides is 3. The van der Waals surface area contributed by atoms with Crippen LogP contribution in [0.4, 0.5) is 13.2 Å². The largest absolute Gasteiger partial charge is 0.416 e. The van der Waals surface area contributed by atoms with Gasteiger partial charge in [-0.3, -0.25) is 19.3 Å². The van der Waals surface area contributed by atoms with Gasteiger partial charge in [-0.15, -0.1) is 0 Å². The second-order valence-corrected chi connectivity index (χ2v) is 7.27. The van der Waals surface area contributed by atoms with Crippen molar-refractivity contribution < 1.29 is 27.6 Å². The summed E-state index contributed by atoms with van der Waals surface area (Å²) in [6.45, 7) is -0.166. The van der Waals surface area contributed by atoms with Crippen LogP contribution in [0, 0.1) is 11.8 Å². The van der Waals surface area contributed by atoms with Gasteiger partial charge in [0.05, 0.1) is 23.2 Å². The molecule has 0 aromatic heterocycles. The highest BCUT2D eigenvalue weighted by Crippen LogP contribution is 2.29. The summed E-state index contributed by atoms with van der Waals surface area (Å²) in [6.07, 6.45) is -4.57. The third-order valence-corrected chi connectivity index (χ3v) is 4.79. The summed E-state index contributed by atoms with van der Waals surface area (Å²) >= 11 is 3.25. The van der Waals surface area contributed by atoms with Crippen LogP contribution in [-0.2, 0) is 11.0 Å². The first-order valence-electron chi connectivity index (χ1n) is 8.75. The predicted molar refractivity (Wildman–Crippen MR) is 105 cm³/mol. The SMILES string of the molecule is O=C(CCN1C(=O)c2ccc(Br)cc2C1=O)NCC#Cc1cccc(C(F)(F)F)c1. The average Bonchev–Trinajstić information content (AvgIpc) is 2.93. The molecular weight excluding hydrogens is 465 g/mol. The van der Waals surface area contributed by atoms with Gasteiger partial charge in [-0.1, -0.05) is 33.8 Å². The van der Waals surface area contributed by atoms with Crippen molar-refractivity contribution in [2.24, 2.45) is 0 Å². The molecule has 0 atom stereocenters. The first kappa shape index (κ1) is 21.6. The molecule has 0 radical (unpaired) electrons. The van der Waals surface area contributed by atoms with Crippen molar-refractivity contribution in [2.75, 3.05) is 13.1 Å². The molecule has 1 heterocycles. The lowest BCUT2D eigenvalue weighted by atomic mass is 10.1. The Kier molecular flexibility index (Phi) is 6.27. The number of halogens is 4. The average molecular weight is 479 g/mol. The van der Waals surface area contributed by atoms with Gasteiger partial charge in [-0.05, 0) is 36.4 Å². The Bertz CT molecular complexity index is 1090. The molecule has 1 aliphatic rings. The van der Waals surface area contributed by atoms with Crippen LogP contribution in [0.15, 0.2) is 46.9 Å². The molecule has 0 fully saturated rings. The molecule has 0 saturated carbocycles. The molecule has 0 aliphatic carbocycles. The Morgan fingerprint density at radius 3 is 2.53 bits per heavy atom. The molecule has 5 nitrogen and oxygen atoms in total. The fourth-order valence-corrected chi connectivity index (χ4v) is 3.19. The molecular formula is C21H14BrF3N2O3. The van der Waals surface area contributed by atoms with E-state index >= 15 is 0 Å². The van der Waals surface area contributed by atoms with Crippen LogP contribution < -0.4 is 5.32 Å². The highest BCUT2D eigenvalue weighted by atomic mass is 79.9. The van der Waals surface area contributed by atoms with Crippen molar-refractivity contribution in [2.45, 2.75) is 12.6 Å². The highest BCUT2D eigenvalue weighted by molar-refractivity contribution is 9.10. The molecule has 1 N–H and O–H groups in total. The molecule has 30 heavy (non-hydrogen) atoms. The van der Waals surface area contributed by atoms with E-state index in [0.29, 0.717) is 4.47 Å². The number of carbonyl (C=O) groups is 3. The van der Waals surface area contributed by atoms with Gasteiger partial charge in [0.15, 0.2) is 0 Å². The van der Waals surface area contributed by atoms with Gasteiger partial charge in [-0.25, -0.2) is 0 Å². The zero-order valence-corrected chi connectivity index (χ0v) is 16.9. The van der Waals surface area contributed by atoms with E-state index in [9.17, 15) is 27.6 Å². The number of benzene rings is 2. The lowest BCUT2D eigenvalue weighted by molar-refractivity contribution is -0.137. The molecule has 0 unspecified atom stereocenters. The maximum Gasteiger partial charge on any atom is 0.416 e. The second kappa shape index (κ2) is 8.71. The van der Waals surface area contributed by atoms with Crippen molar-refractivity contribution in [3.8, 4) is 11.8 Å². The van der Waals surface area contributed by atoms with Crippen molar-refractivity contribution >= 4 is 33.7 Å². The van der Waals surface area contributed by atoms with Crippen molar-refractivity contribution in [3.05, 3.63) is 69.2 Å². The number of amides is 3. The fraction of sp³-hybridized carbons (Fsp3) is 0.190. The number of nitrogens with zero attached hydrogens (tertiary/aromatic N) is 1. The van der Waals surface area contributed by atoms with Gasteiger partial charge in [-0.2, -0.15) is 13.2 Å². The van der Waals surface area contributed by atoms with Crippen molar-refractivity contribution in [1.82, 2.24) is 10.2 Å². The molecule has 2 aromatic carbocycles. The fourth-order valence-electron chi connectivity index (χ4n) is 2.83. The summed E-state index contributed by atoms with van der Waals surface area (Å²) in [6, 6.07) is 9.32. The lowest BCUT2D eigenvalue weighted by Gasteiger charge is -2.12. The van der Waals surface area contributed by atoms with E-state index in [4.69, 9.17) is 0 Å². The van der Waals surface area contributed by atoms with Crippen LogP contribution >= 0.6 is 15.9 Å². The van der Waals surface area contributed by atoms with Gasteiger partial charge < -0.3 is 5.32 Å². The first-order chi connectivity index (χ1) is 14.2. The smallest absolute Gasteiger partial charge is 0.345 e.